The Morgan fingerprint density at radius 1 is 1.00 bits per heavy atom. The fraction of sp³-hybridized carbons (Fsp3) is 0.118. The molecule has 4 nitrogen and oxygen atoms in total. The molecule has 0 aliphatic heterocycles. The van der Waals surface area contributed by atoms with Gasteiger partial charge in [-0.2, -0.15) is 13.2 Å². The molecule has 3 aromatic heterocycles. The molecule has 7 heteroatoms. The molecule has 41 heavy (non-hydrogen) atoms. The van der Waals surface area contributed by atoms with Crippen LogP contribution in [-0.4, -0.2) is 21.6 Å². The number of halogens is 3. The number of aromatic nitrogens is 3. The van der Waals surface area contributed by atoms with Gasteiger partial charge in [-0.05, 0) is 89.4 Å². The monoisotopic (exact) mass is 552 g/mol. The lowest BCUT2D eigenvalue weighted by molar-refractivity contribution is -0.137. The minimum absolute atomic E-state index is 0.587. The van der Waals surface area contributed by atoms with E-state index in [9.17, 15) is 13.2 Å². The van der Waals surface area contributed by atoms with E-state index in [1.807, 2.05) is 47.9 Å². The Hall–Kier alpha value is -4.91. The highest BCUT2D eigenvalue weighted by Gasteiger charge is 2.30. The smallest absolute Gasteiger partial charge is 0.329 e. The fourth-order valence-electron chi connectivity index (χ4n) is 4.44. The van der Waals surface area contributed by atoms with Crippen LogP contribution in [0.15, 0.2) is 116 Å². The van der Waals surface area contributed by atoms with Crippen molar-refractivity contribution in [2.45, 2.75) is 19.6 Å². The summed E-state index contributed by atoms with van der Waals surface area (Å²) in [5, 5.41) is 2.74. The summed E-state index contributed by atoms with van der Waals surface area (Å²) in [5.41, 5.74) is 4.65. The molecule has 0 aliphatic rings. The average molecular weight is 553 g/mol. The van der Waals surface area contributed by atoms with Crippen molar-refractivity contribution in [3.63, 3.8) is 0 Å². The van der Waals surface area contributed by atoms with Gasteiger partial charge in [0.1, 0.15) is 11.5 Å². The first-order valence-corrected chi connectivity index (χ1v) is 12.8. The van der Waals surface area contributed by atoms with Gasteiger partial charge >= 0.3 is 6.18 Å². The van der Waals surface area contributed by atoms with Crippen molar-refractivity contribution in [1.29, 1.82) is 0 Å². The van der Waals surface area contributed by atoms with E-state index in [4.69, 9.17) is 0 Å². The second-order valence-electron chi connectivity index (χ2n) is 9.64. The number of fused-ring (bicyclic) bond motifs is 1. The van der Waals surface area contributed by atoms with Gasteiger partial charge in [0.25, 0.3) is 0 Å². The zero-order chi connectivity index (χ0) is 29.9. The highest BCUT2D eigenvalue weighted by atomic mass is 19.4. The van der Waals surface area contributed by atoms with Crippen molar-refractivity contribution in [3.8, 4) is 0 Å². The summed E-state index contributed by atoms with van der Waals surface area (Å²) in [5.74, 6) is 0.587. The summed E-state index contributed by atoms with van der Waals surface area (Å²) in [7, 11) is 1.75. The molecule has 208 valence electrons. The van der Waals surface area contributed by atoms with Gasteiger partial charge in [0.15, 0.2) is 0 Å². The van der Waals surface area contributed by atoms with Crippen LogP contribution in [0.25, 0.3) is 29.3 Å². The van der Waals surface area contributed by atoms with Crippen molar-refractivity contribution < 1.29 is 13.2 Å². The van der Waals surface area contributed by atoms with E-state index in [1.165, 1.54) is 12.1 Å². The molecule has 0 aliphatic carbocycles. The van der Waals surface area contributed by atoms with Gasteiger partial charge in [0.2, 0.25) is 0 Å². The maximum atomic E-state index is 12.9. The number of hydrogen-bond acceptors (Lipinski definition) is 3. The van der Waals surface area contributed by atoms with Crippen LogP contribution in [0.3, 0.4) is 0 Å². The number of benzene rings is 1. The second kappa shape index (κ2) is 11.7. The lowest BCUT2D eigenvalue weighted by Gasteiger charge is -2.19. The van der Waals surface area contributed by atoms with Crippen LogP contribution in [0, 0.1) is 0 Å². The maximum absolute atomic E-state index is 12.9. The average Bonchev–Trinajstić information content (AvgIpc) is 3.22. The van der Waals surface area contributed by atoms with Crippen LogP contribution in [0.2, 0.25) is 0 Å². The summed E-state index contributed by atoms with van der Waals surface area (Å²) >= 11 is 0. The van der Waals surface area contributed by atoms with Gasteiger partial charge in [0.05, 0.1) is 5.56 Å². The lowest BCUT2D eigenvalue weighted by Crippen LogP contribution is -2.27. The topological polar surface area (TPSA) is 34.0 Å². The highest BCUT2D eigenvalue weighted by Crippen LogP contribution is 2.32. The molecule has 0 spiro atoms. The van der Waals surface area contributed by atoms with Crippen LogP contribution < -0.4 is 15.5 Å². The minimum atomic E-state index is -4.38. The van der Waals surface area contributed by atoms with Crippen LogP contribution in [0.5, 0.6) is 0 Å². The summed E-state index contributed by atoms with van der Waals surface area (Å²) in [6.07, 6.45) is 4.77. The number of allylic oxidation sites excluding steroid dienone is 6. The molecule has 3 heterocycles. The highest BCUT2D eigenvalue weighted by molar-refractivity contribution is 5.81. The zero-order valence-electron chi connectivity index (χ0n) is 23.2. The van der Waals surface area contributed by atoms with Crippen molar-refractivity contribution in [1.82, 2.24) is 14.5 Å². The maximum Gasteiger partial charge on any atom is 0.416 e. The number of anilines is 2. The Balaban J connectivity index is 1.52. The quantitative estimate of drug-likeness (QED) is 0.161. The van der Waals surface area contributed by atoms with E-state index < -0.39 is 11.7 Å². The van der Waals surface area contributed by atoms with E-state index in [1.54, 1.807) is 30.4 Å². The van der Waals surface area contributed by atoms with Crippen LogP contribution >= 0.6 is 0 Å². The Labute approximate surface area is 237 Å². The predicted octanol–water partition coefficient (Wildman–Crippen LogP) is 7.37. The summed E-state index contributed by atoms with van der Waals surface area (Å²) in [4.78, 5) is 10.7. The number of hydrogen-bond donors (Lipinski definition) is 0. The Morgan fingerprint density at radius 2 is 1.71 bits per heavy atom. The van der Waals surface area contributed by atoms with E-state index in [2.05, 4.69) is 42.9 Å². The number of pyridine rings is 2. The van der Waals surface area contributed by atoms with E-state index in [0.717, 1.165) is 61.6 Å². The van der Waals surface area contributed by atoms with Crippen molar-refractivity contribution in [2.24, 2.45) is 0 Å². The second-order valence-corrected chi connectivity index (χ2v) is 9.64. The van der Waals surface area contributed by atoms with E-state index in [0.29, 0.717) is 18.1 Å². The molecule has 0 bridgehead atoms. The Morgan fingerprint density at radius 3 is 2.32 bits per heavy atom. The first-order valence-electron chi connectivity index (χ1n) is 12.8. The molecule has 0 N–H and O–H groups in total. The first kappa shape index (κ1) is 29.1. The van der Waals surface area contributed by atoms with Gasteiger partial charge in [-0.15, -0.1) is 6.58 Å². The molecule has 4 aromatic rings. The number of alkyl halides is 3. The first-order chi connectivity index (χ1) is 19.4. The number of rotatable bonds is 9. The SMILES string of the molecule is C=CCn1c(=C)/c(=C\C(=C)C(=C)/C=C(/C)C(=C)c2ccc(N(C)c3ccc(C(F)(F)F)cc3)nc2)c2cccnc21. The van der Waals surface area contributed by atoms with Crippen LogP contribution in [0.4, 0.5) is 24.7 Å². The normalized spacial score (nSPS) is 12.4. The predicted molar refractivity (Wildman–Crippen MR) is 164 cm³/mol. The van der Waals surface area contributed by atoms with Gasteiger partial charge in [0, 0.05) is 47.6 Å². The van der Waals surface area contributed by atoms with Crippen molar-refractivity contribution in [3.05, 3.63) is 138 Å². The molecule has 0 atom stereocenters. The molecule has 0 amide bonds. The summed E-state index contributed by atoms with van der Waals surface area (Å²) in [6.45, 7) is 23.3. The van der Waals surface area contributed by atoms with Gasteiger partial charge in [-0.1, -0.05) is 38.5 Å². The third-order valence-corrected chi connectivity index (χ3v) is 6.90. The molecule has 0 unspecified atom stereocenters. The fourth-order valence-corrected chi connectivity index (χ4v) is 4.44. The largest absolute Gasteiger partial charge is 0.416 e. The van der Waals surface area contributed by atoms with Crippen LogP contribution in [-0.2, 0) is 12.7 Å². The van der Waals surface area contributed by atoms with E-state index >= 15 is 0 Å². The standard InChI is InChI=1S/C34H31F3N4/c1-8-18-41-26(6)31(30-10-9-17-38-33(30)41)20-23(3)22(2)19-24(4)25(5)27-11-16-32(39-21-27)40(7)29-14-12-28(13-15-29)34(35,36)37/h8-17,19-21H,1-3,5-6,18H2,4,7H3/b24-19-,31-20+. The van der Waals surface area contributed by atoms with Crippen molar-refractivity contribution >= 4 is 40.8 Å². The zero-order valence-corrected chi connectivity index (χ0v) is 23.2. The minimum Gasteiger partial charge on any atom is -0.329 e. The molecule has 0 fully saturated rings. The molecule has 0 radical (unpaired) electrons. The molecular weight excluding hydrogens is 521 g/mol. The van der Waals surface area contributed by atoms with Crippen LogP contribution in [0.1, 0.15) is 18.1 Å². The van der Waals surface area contributed by atoms with Gasteiger partial charge in [-0.3, -0.25) is 0 Å². The van der Waals surface area contributed by atoms with Gasteiger partial charge in [-0.25, -0.2) is 9.97 Å². The molecule has 4 rings (SSSR count). The molecule has 1 aromatic carbocycles. The molecule has 0 saturated carbocycles. The molecular formula is C34H31F3N4. The number of nitrogens with zero attached hydrogens (tertiary/aromatic N) is 4. The summed E-state index contributed by atoms with van der Waals surface area (Å²) in [6, 6.07) is 12.5. The third kappa shape index (κ3) is 6.14. The Bertz CT molecular complexity index is 1790. The van der Waals surface area contributed by atoms with Crippen molar-refractivity contribution in [2.75, 3.05) is 11.9 Å². The van der Waals surface area contributed by atoms with Gasteiger partial charge < -0.3 is 9.47 Å². The third-order valence-electron chi connectivity index (χ3n) is 6.90. The molecule has 0 saturated heterocycles. The summed E-state index contributed by atoms with van der Waals surface area (Å²) < 4.78 is 40.7. The Kier molecular flexibility index (Phi) is 8.28. The van der Waals surface area contributed by atoms with E-state index in [-0.39, 0.29) is 0 Å². The lowest BCUT2D eigenvalue weighted by atomic mass is 9.98.